The quantitative estimate of drug-likeness (QED) is 0.603. The Morgan fingerprint density at radius 2 is 2.18 bits per heavy atom. The lowest BCUT2D eigenvalue weighted by Gasteiger charge is -1.92. The summed E-state index contributed by atoms with van der Waals surface area (Å²) in [6.45, 7) is 3.08. The van der Waals surface area contributed by atoms with E-state index in [4.69, 9.17) is 5.73 Å². The first-order valence-corrected chi connectivity index (χ1v) is 4.73. The van der Waals surface area contributed by atoms with Gasteiger partial charge in [-0.05, 0) is 44.1 Å². The summed E-state index contributed by atoms with van der Waals surface area (Å²) in [4.78, 5) is 0. The molecule has 1 heteroatoms. The molecular weight excluding hydrogens is 134 g/mol. The van der Waals surface area contributed by atoms with Gasteiger partial charge in [0.15, 0.2) is 0 Å². The van der Waals surface area contributed by atoms with E-state index in [1.54, 1.807) is 0 Å². The van der Waals surface area contributed by atoms with E-state index in [1.807, 2.05) is 0 Å². The van der Waals surface area contributed by atoms with Crippen molar-refractivity contribution in [1.82, 2.24) is 0 Å². The minimum absolute atomic E-state index is 0.866. The molecule has 1 rings (SSSR count). The van der Waals surface area contributed by atoms with Gasteiger partial charge in [-0.3, -0.25) is 0 Å². The first kappa shape index (κ1) is 8.79. The Labute approximate surface area is 69.7 Å². The van der Waals surface area contributed by atoms with Gasteiger partial charge in [-0.1, -0.05) is 19.1 Å². The highest BCUT2D eigenvalue weighted by Gasteiger charge is 2.34. The first-order valence-electron chi connectivity index (χ1n) is 4.73. The van der Waals surface area contributed by atoms with Crippen LogP contribution in [0.15, 0.2) is 12.2 Å². The van der Waals surface area contributed by atoms with Crippen LogP contribution in [-0.4, -0.2) is 6.54 Å². The van der Waals surface area contributed by atoms with Crippen LogP contribution in [-0.2, 0) is 0 Å². The number of nitrogens with two attached hydrogens (primary N) is 1. The van der Waals surface area contributed by atoms with Crippen molar-refractivity contribution in [2.45, 2.75) is 32.6 Å². The zero-order chi connectivity index (χ0) is 8.10. The van der Waals surface area contributed by atoms with Crippen LogP contribution in [0.3, 0.4) is 0 Å². The molecule has 0 amide bonds. The summed E-state index contributed by atoms with van der Waals surface area (Å²) in [6.07, 6.45) is 9.72. The molecule has 1 fully saturated rings. The van der Waals surface area contributed by atoms with Crippen molar-refractivity contribution in [3.63, 3.8) is 0 Å². The highest BCUT2D eigenvalue weighted by Crippen LogP contribution is 2.40. The summed E-state index contributed by atoms with van der Waals surface area (Å²) in [5.74, 6) is 1.83. The Morgan fingerprint density at radius 3 is 2.73 bits per heavy atom. The van der Waals surface area contributed by atoms with Crippen molar-refractivity contribution in [1.29, 1.82) is 0 Å². The van der Waals surface area contributed by atoms with E-state index in [0.717, 1.165) is 18.4 Å². The third-order valence-electron chi connectivity index (χ3n) is 2.48. The molecule has 2 atom stereocenters. The maximum Gasteiger partial charge on any atom is -0.00461 e. The third-order valence-corrected chi connectivity index (χ3v) is 2.48. The molecule has 1 nitrogen and oxygen atoms in total. The summed E-state index contributed by atoms with van der Waals surface area (Å²) in [7, 11) is 0. The van der Waals surface area contributed by atoms with Crippen molar-refractivity contribution < 1.29 is 0 Å². The monoisotopic (exact) mass is 153 g/mol. The van der Waals surface area contributed by atoms with E-state index >= 15 is 0 Å². The van der Waals surface area contributed by atoms with Gasteiger partial charge >= 0.3 is 0 Å². The lowest BCUT2D eigenvalue weighted by Crippen LogP contribution is -2.02. The van der Waals surface area contributed by atoms with Gasteiger partial charge in [-0.15, -0.1) is 0 Å². The van der Waals surface area contributed by atoms with E-state index in [2.05, 4.69) is 19.1 Å². The van der Waals surface area contributed by atoms with Gasteiger partial charge in [0.2, 0.25) is 0 Å². The minimum Gasteiger partial charge on any atom is -0.330 e. The van der Waals surface area contributed by atoms with Crippen molar-refractivity contribution in [3.05, 3.63) is 12.2 Å². The Bertz CT molecular complexity index is 129. The molecule has 0 aliphatic heterocycles. The Morgan fingerprint density at radius 1 is 1.36 bits per heavy atom. The molecule has 1 saturated carbocycles. The van der Waals surface area contributed by atoms with Gasteiger partial charge in [-0.2, -0.15) is 0 Å². The molecule has 0 aromatic carbocycles. The van der Waals surface area contributed by atoms with Gasteiger partial charge in [0, 0.05) is 0 Å². The Hall–Kier alpha value is -0.300. The molecule has 0 aromatic heterocycles. The molecule has 0 heterocycles. The number of hydrogen-bond acceptors (Lipinski definition) is 1. The molecule has 0 aromatic rings. The third kappa shape index (κ3) is 3.06. The van der Waals surface area contributed by atoms with E-state index in [-0.39, 0.29) is 0 Å². The van der Waals surface area contributed by atoms with Crippen LogP contribution in [0.2, 0.25) is 0 Å². The van der Waals surface area contributed by atoms with Gasteiger partial charge in [0.25, 0.3) is 0 Å². The van der Waals surface area contributed by atoms with Crippen LogP contribution in [0.4, 0.5) is 0 Å². The van der Waals surface area contributed by atoms with Gasteiger partial charge in [0.05, 0.1) is 0 Å². The maximum absolute atomic E-state index is 5.54. The van der Waals surface area contributed by atoms with Crippen molar-refractivity contribution in [3.8, 4) is 0 Å². The summed E-state index contributed by atoms with van der Waals surface area (Å²) in [5, 5.41) is 0. The SMILES string of the molecule is CCC=CCCC1CC1CN. The highest BCUT2D eigenvalue weighted by molar-refractivity contribution is 4.89. The molecule has 1 aliphatic carbocycles. The summed E-state index contributed by atoms with van der Waals surface area (Å²) in [5.41, 5.74) is 5.54. The zero-order valence-electron chi connectivity index (χ0n) is 7.42. The van der Waals surface area contributed by atoms with Crippen molar-refractivity contribution in [2.24, 2.45) is 17.6 Å². The molecule has 2 unspecified atom stereocenters. The van der Waals surface area contributed by atoms with Gasteiger partial charge < -0.3 is 5.73 Å². The fraction of sp³-hybridized carbons (Fsp3) is 0.800. The predicted octanol–water partition coefficient (Wildman–Crippen LogP) is 2.33. The smallest absolute Gasteiger partial charge is 0.00461 e. The van der Waals surface area contributed by atoms with E-state index in [0.29, 0.717) is 0 Å². The molecule has 0 radical (unpaired) electrons. The molecule has 64 valence electrons. The standard InChI is InChI=1S/C10H19N/c1-2-3-4-5-6-9-7-10(9)8-11/h3-4,9-10H,2,5-8,11H2,1H3. The molecule has 11 heavy (non-hydrogen) atoms. The summed E-state index contributed by atoms with van der Waals surface area (Å²) >= 11 is 0. The highest BCUT2D eigenvalue weighted by atomic mass is 14.6. The molecule has 0 saturated heterocycles. The van der Waals surface area contributed by atoms with Gasteiger partial charge in [-0.25, -0.2) is 0 Å². The Balaban J connectivity index is 1.93. The second-order valence-electron chi connectivity index (χ2n) is 3.45. The van der Waals surface area contributed by atoms with Crippen LogP contribution in [0.1, 0.15) is 32.6 Å². The van der Waals surface area contributed by atoms with Crippen LogP contribution < -0.4 is 5.73 Å². The molecule has 0 spiro atoms. The lowest BCUT2D eigenvalue weighted by atomic mass is 10.2. The van der Waals surface area contributed by atoms with Crippen molar-refractivity contribution >= 4 is 0 Å². The topological polar surface area (TPSA) is 26.0 Å². The zero-order valence-corrected chi connectivity index (χ0v) is 7.42. The maximum atomic E-state index is 5.54. The second-order valence-corrected chi connectivity index (χ2v) is 3.45. The second kappa shape index (κ2) is 4.55. The number of rotatable bonds is 5. The normalized spacial score (nSPS) is 29.6. The fourth-order valence-electron chi connectivity index (χ4n) is 1.55. The first-order chi connectivity index (χ1) is 5.38. The fourth-order valence-corrected chi connectivity index (χ4v) is 1.55. The largest absolute Gasteiger partial charge is 0.330 e. The van der Waals surface area contributed by atoms with E-state index in [1.165, 1.54) is 25.7 Å². The van der Waals surface area contributed by atoms with Crippen LogP contribution in [0, 0.1) is 11.8 Å². The minimum atomic E-state index is 0.866. The molecular formula is C10H19N. The average Bonchev–Trinajstić information content (AvgIpc) is 2.77. The average molecular weight is 153 g/mol. The van der Waals surface area contributed by atoms with Crippen molar-refractivity contribution in [2.75, 3.05) is 6.54 Å². The van der Waals surface area contributed by atoms with Crippen LogP contribution in [0.25, 0.3) is 0 Å². The number of hydrogen-bond donors (Lipinski definition) is 1. The molecule has 2 N–H and O–H groups in total. The van der Waals surface area contributed by atoms with E-state index < -0.39 is 0 Å². The number of allylic oxidation sites excluding steroid dienone is 2. The molecule has 0 bridgehead atoms. The van der Waals surface area contributed by atoms with E-state index in [9.17, 15) is 0 Å². The molecule has 1 aliphatic rings. The summed E-state index contributed by atoms with van der Waals surface area (Å²) < 4.78 is 0. The Kier molecular flexibility index (Phi) is 3.64. The predicted molar refractivity (Wildman–Crippen MR) is 49.3 cm³/mol. The van der Waals surface area contributed by atoms with Gasteiger partial charge in [0.1, 0.15) is 0 Å². The lowest BCUT2D eigenvalue weighted by molar-refractivity contribution is 0.657. The summed E-state index contributed by atoms with van der Waals surface area (Å²) in [6, 6.07) is 0. The van der Waals surface area contributed by atoms with Crippen LogP contribution in [0.5, 0.6) is 0 Å². The van der Waals surface area contributed by atoms with Crippen LogP contribution >= 0.6 is 0 Å².